The SMILES string of the molecule is CCC(C)C1NC1=O. The summed E-state index contributed by atoms with van der Waals surface area (Å²) in [5.41, 5.74) is 0. The summed E-state index contributed by atoms with van der Waals surface area (Å²) < 4.78 is 0. The lowest BCUT2D eigenvalue weighted by molar-refractivity contribution is -0.111. The Morgan fingerprint density at radius 2 is 2.38 bits per heavy atom. The van der Waals surface area contributed by atoms with Gasteiger partial charge >= 0.3 is 0 Å². The van der Waals surface area contributed by atoms with E-state index in [0.717, 1.165) is 6.42 Å². The fourth-order valence-corrected chi connectivity index (χ4v) is 0.748. The van der Waals surface area contributed by atoms with Crippen LogP contribution in [0.5, 0.6) is 0 Å². The Morgan fingerprint density at radius 3 is 2.50 bits per heavy atom. The fourth-order valence-electron chi connectivity index (χ4n) is 0.748. The summed E-state index contributed by atoms with van der Waals surface area (Å²) in [5.74, 6) is 0.752. The van der Waals surface area contributed by atoms with E-state index in [0.29, 0.717) is 5.92 Å². The summed E-state index contributed by atoms with van der Waals surface area (Å²) in [6.45, 7) is 4.18. The Kier molecular flexibility index (Phi) is 1.24. The number of carbonyl (C=O) groups excluding carboxylic acids is 1. The molecule has 0 aromatic heterocycles. The summed E-state index contributed by atoms with van der Waals surface area (Å²) in [7, 11) is 0. The summed E-state index contributed by atoms with van der Waals surface area (Å²) in [5, 5.41) is 2.74. The van der Waals surface area contributed by atoms with Crippen LogP contribution in [0.1, 0.15) is 20.3 Å². The molecule has 1 N–H and O–H groups in total. The highest BCUT2D eigenvalue weighted by Gasteiger charge is 2.37. The van der Waals surface area contributed by atoms with Gasteiger partial charge in [0.1, 0.15) is 6.04 Å². The predicted molar refractivity (Wildman–Crippen MR) is 31.4 cm³/mol. The number of rotatable bonds is 2. The van der Waals surface area contributed by atoms with Crippen LogP contribution in [0, 0.1) is 5.92 Å². The predicted octanol–water partition coefficient (Wildman–Crippen LogP) is 0.531. The molecule has 1 aliphatic heterocycles. The second-order valence-corrected chi connectivity index (χ2v) is 2.37. The van der Waals surface area contributed by atoms with E-state index in [4.69, 9.17) is 0 Å². The highest BCUT2D eigenvalue weighted by atomic mass is 16.2. The van der Waals surface area contributed by atoms with Crippen LogP contribution >= 0.6 is 0 Å². The Bertz CT molecular complexity index is 111. The average molecular weight is 113 g/mol. The van der Waals surface area contributed by atoms with Gasteiger partial charge in [0.15, 0.2) is 0 Å². The van der Waals surface area contributed by atoms with Crippen LogP contribution in [0.4, 0.5) is 0 Å². The van der Waals surface area contributed by atoms with Crippen LogP contribution in [0.3, 0.4) is 0 Å². The van der Waals surface area contributed by atoms with Gasteiger partial charge < -0.3 is 5.32 Å². The van der Waals surface area contributed by atoms with Crippen LogP contribution < -0.4 is 5.32 Å². The van der Waals surface area contributed by atoms with Gasteiger partial charge in [-0.1, -0.05) is 20.3 Å². The van der Waals surface area contributed by atoms with Crippen molar-refractivity contribution in [3.8, 4) is 0 Å². The lowest BCUT2D eigenvalue weighted by Gasteiger charge is -1.98. The zero-order chi connectivity index (χ0) is 6.15. The van der Waals surface area contributed by atoms with Gasteiger partial charge in [0, 0.05) is 0 Å². The molecule has 0 spiro atoms. The highest BCUT2D eigenvalue weighted by Crippen LogP contribution is 2.15. The maximum Gasteiger partial charge on any atom is 0.243 e. The minimum Gasteiger partial charge on any atom is -0.342 e. The number of amides is 1. The molecule has 1 rings (SSSR count). The summed E-state index contributed by atoms with van der Waals surface area (Å²) in [6, 6.07) is 0.194. The van der Waals surface area contributed by atoms with Crippen LogP contribution in [-0.2, 0) is 4.79 Å². The van der Waals surface area contributed by atoms with Crippen molar-refractivity contribution in [2.45, 2.75) is 26.3 Å². The molecule has 1 fully saturated rings. The number of nitrogens with one attached hydrogen (secondary N) is 1. The smallest absolute Gasteiger partial charge is 0.243 e. The molecule has 8 heavy (non-hydrogen) atoms. The normalized spacial score (nSPS) is 29.2. The second-order valence-electron chi connectivity index (χ2n) is 2.37. The van der Waals surface area contributed by atoms with Crippen molar-refractivity contribution in [1.82, 2.24) is 5.32 Å². The first-order valence-electron chi connectivity index (χ1n) is 3.06. The van der Waals surface area contributed by atoms with E-state index < -0.39 is 0 Å². The molecule has 0 aliphatic carbocycles. The quantitative estimate of drug-likeness (QED) is 0.521. The van der Waals surface area contributed by atoms with Gasteiger partial charge in [-0.05, 0) is 5.92 Å². The first kappa shape index (κ1) is 5.60. The van der Waals surface area contributed by atoms with Gasteiger partial charge in [-0.25, -0.2) is 0 Å². The van der Waals surface area contributed by atoms with Gasteiger partial charge in [-0.15, -0.1) is 0 Å². The average Bonchev–Trinajstić information content (AvgIpc) is 2.45. The standard InChI is InChI=1S/C6H11NO/c1-3-4(2)5-6(8)7-5/h4-5H,3H2,1-2H3,(H,7,8). The van der Waals surface area contributed by atoms with E-state index in [1.165, 1.54) is 0 Å². The summed E-state index contributed by atoms with van der Waals surface area (Å²) >= 11 is 0. The minimum absolute atomic E-state index is 0.194. The fraction of sp³-hybridized carbons (Fsp3) is 0.833. The molecule has 2 nitrogen and oxygen atoms in total. The van der Waals surface area contributed by atoms with Crippen LogP contribution in [0.2, 0.25) is 0 Å². The molecule has 1 aliphatic rings. The second kappa shape index (κ2) is 1.77. The van der Waals surface area contributed by atoms with Crippen molar-refractivity contribution < 1.29 is 4.79 Å². The third-order valence-electron chi connectivity index (χ3n) is 1.71. The van der Waals surface area contributed by atoms with Crippen molar-refractivity contribution in [2.24, 2.45) is 5.92 Å². The first-order valence-corrected chi connectivity index (χ1v) is 3.06. The molecular formula is C6H11NO. The maximum absolute atomic E-state index is 10.4. The molecule has 0 aromatic carbocycles. The van der Waals surface area contributed by atoms with E-state index in [-0.39, 0.29) is 11.9 Å². The minimum atomic E-state index is 0.194. The molecule has 1 amide bonds. The molecule has 2 atom stereocenters. The first-order chi connectivity index (χ1) is 3.75. The zero-order valence-electron chi connectivity index (χ0n) is 5.27. The number of hydrogen-bond donors (Lipinski definition) is 1. The lowest BCUT2D eigenvalue weighted by atomic mass is 10.1. The van der Waals surface area contributed by atoms with Crippen LogP contribution in [-0.4, -0.2) is 11.9 Å². The van der Waals surface area contributed by atoms with Gasteiger partial charge in [0.05, 0.1) is 0 Å². The highest BCUT2D eigenvalue weighted by molar-refractivity contribution is 5.96. The molecule has 0 bridgehead atoms. The van der Waals surface area contributed by atoms with E-state index in [9.17, 15) is 4.79 Å². The number of hydrogen-bond acceptors (Lipinski definition) is 1. The van der Waals surface area contributed by atoms with E-state index in [2.05, 4.69) is 19.2 Å². The van der Waals surface area contributed by atoms with E-state index in [1.807, 2.05) is 0 Å². The lowest BCUT2D eigenvalue weighted by Crippen LogP contribution is -2.04. The molecule has 1 heterocycles. The maximum atomic E-state index is 10.4. The van der Waals surface area contributed by atoms with Crippen molar-refractivity contribution in [3.05, 3.63) is 0 Å². The monoisotopic (exact) mass is 113 g/mol. The Morgan fingerprint density at radius 1 is 1.88 bits per heavy atom. The zero-order valence-corrected chi connectivity index (χ0v) is 5.27. The van der Waals surface area contributed by atoms with Crippen molar-refractivity contribution >= 4 is 5.91 Å². The van der Waals surface area contributed by atoms with Crippen molar-refractivity contribution in [1.29, 1.82) is 0 Å². The summed E-state index contributed by atoms with van der Waals surface area (Å²) in [6.07, 6.45) is 1.09. The van der Waals surface area contributed by atoms with Gasteiger partial charge in [-0.3, -0.25) is 4.79 Å². The molecule has 0 aromatic rings. The van der Waals surface area contributed by atoms with Crippen molar-refractivity contribution in [2.75, 3.05) is 0 Å². The molecule has 1 saturated heterocycles. The van der Waals surface area contributed by atoms with E-state index in [1.54, 1.807) is 0 Å². The van der Waals surface area contributed by atoms with Gasteiger partial charge in [0.2, 0.25) is 5.91 Å². The summed E-state index contributed by atoms with van der Waals surface area (Å²) in [4.78, 5) is 10.4. The Hall–Kier alpha value is -0.530. The largest absolute Gasteiger partial charge is 0.342 e. The van der Waals surface area contributed by atoms with Gasteiger partial charge in [0.25, 0.3) is 0 Å². The molecule has 0 radical (unpaired) electrons. The Balaban J connectivity index is 2.28. The van der Waals surface area contributed by atoms with Crippen molar-refractivity contribution in [3.63, 3.8) is 0 Å². The number of carbonyl (C=O) groups is 1. The van der Waals surface area contributed by atoms with Crippen LogP contribution in [0.25, 0.3) is 0 Å². The molecule has 2 heteroatoms. The third kappa shape index (κ3) is 0.831. The molecule has 46 valence electrons. The Labute approximate surface area is 49.3 Å². The molecule has 0 saturated carbocycles. The molecule has 2 unspecified atom stereocenters. The topological polar surface area (TPSA) is 39.0 Å². The molecular weight excluding hydrogens is 102 g/mol. The third-order valence-corrected chi connectivity index (χ3v) is 1.71. The van der Waals surface area contributed by atoms with Gasteiger partial charge in [-0.2, -0.15) is 0 Å². The van der Waals surface area contributed by atoms with Crippen LogP contribution in [0.15, 0.2) is 0 Å². The van der Waals surface area contributed by atoms with E-state index >= 15 is 0 Å².